The van der Waals surface area contributed by atoms with Gasteiger partial charge < -0.3 is 5.32 Å². The van der Waals surface area contributed by atoms with E-state index >= 15 is 0 Å². The molecule has 1 saturated heterocycles. The van der Waals surface area contributed by atoms with Crippen LogP contribution in [0.25, 0.3) is 0 Å². The summed E-state index contributed by atoms with van der Waals surface area (Å²) in [6.45, 7) is 6.60. The molecule has 0 aliphatic carbocycles. The van der Waals surface area contributed by atoms with E-state index in [0.717, 1.165) is 31.1 Å². The molecule has 1 nitrogen and oxygen atoms in total. The van der Waals surface area contributed by atoms with Crippen molar-refractivity contribution in [3.63, 3.8) is 0 Å². The summed E-state index contributed by atoms with van der Waals surface area (Å²) in [6, 6.07) is 0.677. The van der Waals surface area contributed by atoms with E-state index in [1.165, 1.54) is 12.8 Å². The molecular formula is C9H17NS. The van der Waals surface area contributed by atoms with Crippen LogP contribution in [0.5, 0.6) is 0 Å². The van der Waals surface area contributed by atoms with Crippen molar-refractivity contribution < 1.29 is 0 Å². The standard InChI is InChI=1S/C9H17NS/c1-2-3-9-5-4-8(7-11)6-10-9/h1,8-11H,2-7H2. The lowest BCUT2D eigenvalue weighted by Crippen LogP contribution is -2.39. The van der Waals surface area contributed by atoms with Gasteiger partial charge in [0, 0.05) is 6.04 Å². The zero-order valence-corrected chi connectivity index (χ0v) is 7.82. The second-order valence-electron chi connectivity index (χ2n) is 3.31. The average molecular weight is 171 g/mol. The molecule has 1 N–H and O–H groups in total. The Bertz CT molecular complexity index is 97.7. The van der Waals surface area contributed by atoms with Crippen molar-refractivity contribution in [2.24, 2.45) is 5.92 Å². The van der Waals surface area contributed by atoms with Crippen LogP contribution in [0, 0.1) is 12.8 Å². The minimum atomic E-state index is 0.677. The molecule has 1 rings (SSSR count). The molecule has 1 aliphatic heterocycles. The fraction of sp³-hybridized carbons (Fsp3) is 0.889. The van der Waals surface area contributed by atoms with Crippen LogP contribution in [-0.2, 0) is 0 Å². The highest BCUT2D eigenvalue weighted by Gasteiger charge is 2.17. The van der Waals surface area contributed by atoms with Crippen LogP contribution in [0.3, 0.4) is 0 Å². The summed E-state index contributed by atoms with van der Waals surface area (Å²) in [5.74, 6) is 1.80. The Morgan fingerprint density at radius 2 is 2.27 bits per heavy atom. The van der Waals surface area contributed by atoms with Crippen molar-refractivity contribution in [3.05, 3.63) is 6.92 Å². The number of nitrogens with one attached hydrogen (secondary N) is 1. The maximum absolute atomic E-state index is 5.47. The highest BCUT2D eigenvalue weighted by Crippen LogP contribution is 2.17. The molecule has 2 atom stereocenters. The van der Waals surface area contributed by atoms with E-state index in [-0.39, 0.29) is 0 Å². The molecule has 0 saturated carbocycles. The maximum atomic E-state index is 5.47. The number of piperidine rings is 1. The van der Waals surface area contributed by atoms with Gasteiger partial charge >= 0.3 is 0 Å². The predicted octanol–water partition coefficient (Wildman–Crippen LogP) is 1.78. The normalized spacial score (nSPS) is 32.2. The van der Waals surface area contributed by atoms with Gasteiger partial charge in [-0.05, 0) is 50.8 Å². The summed E-state index contributed by atoms with van der Waals surface area (Å²) in [7, 11) is 0. The van der Waals surface area contributed by atoms with Crippen molar-refractivity contribution in [2.75, 3.05) is 12.3 Å². The van der Waals surface area contributed by atoms with Crippen molar-refractivity contribution in [2.45, 2.75) is 31.7 Å². The van der Waals surface area contributed by atoms with Gasteiger partial charge in [0.25, 0.3) is 0 Å². The Kier molecular flexibility index (Phi) is 4.31. The molecule has 11 heavy (non-hydrogen) atoms. The molecule has 1 heterocycles. The quantitative estimate of drug-likeness (QED) is 0.617. The molecule has 0 aromatic carbocycles. The molecule has 1 fully saturated rings. The van der Waals surface area contributed by atoms with Gasteiger partial charge in [-0.3, -0.25) is 0 Å². The average Bonchev–Trinajstić information content (AvgIpc) is 2.07. The van der Waals surface area contributed by atoms with E-state index in [4.69, 9.17) is 6.92 Å². The Morgan fingerprint density at radius 1 is 1.45 bits per heavy atom. The second-order valence-corrected chi connectivity index (χ2v) is 3.67. The van der Waals surface area contributed by atoms with Crippen LogP contribution in [-0.4, -0.2) is 18.3 Å². The second kappa shape index (κ2) is 5.04. The zero-order chi connectivity index (χ0) is 8.10. The SMILES string of the molecule is [CH]CCC1CCC(CS)CN1. The molecule has 64 valence electrons. The largest absolute Gasteiger partial charge is 0.314 e. The van der Waals surface area contributed by atoms with E-state index in [2.05, 4.69) is 17.9 Å². The van der Waals surface area contributed by atoms with Gasteiger partial charge in [-0.2, -0.15) is 12.6 Å². The molecule has 0 bridgehead atoms. The van der Waals surface area contributed by atoms with Gasteiger partial charge in [0.1, 0.15) is 0 Å². The molecule has 2 heteroatoms. The maximum Gasteiger partial charge on any atom is 0.00674 e. The first kappa shape index (κ1) is 9.40. The van der Waals surface area contributed by atoms with E-state index in [1.807, 2.05) is 0 Å². The summed E-state index contributed by atoms with van der Waals surface area (Å²) in [5.41, 5.74) is 0. The minimum Gasteiger partial charge on any atom is -0.314 e. The van der Waals surface area contributed by atoms with Crippen LogP contribution in [0.2, 0.25) is 0 Å². The number of hydrogen-bond donors (Lipinski definition) is 2. The third-order valence-corrected chi connectivity index (χ3v) is 2.91. The molecule has 1 aliphatic rings. The van der Waals surface area contributed by atoms with Crippen LogP contribution < -0.4 is 5.32 Å². The molecule has 0 aromatic rings. The monoisotopic (exact) mass is 171 g/mol. The van der Waals surface area contributed by atoms with Gasteiger partial charge in [0.15, 0.2) is 0 Å². The topological polar surface area (TPSA) is 12.0 Å². The smallest absolute Gasteiger partial charge is 0.00674 e. The predicted molar refractivity (Wildman–Crippen MR) is 51.9 cm³/mol. The summed E-state index contributed by atoms with van der Waals surface area (Å²) < 4.78 is 0. The van der Waals surface area contributed by atoms with Gasteiger partial charge in [-0.25, -0.2) is 0 Å². The van der Waals surface area contributed by atoms with E-state index in [0.29, 0.717) is 6.04 Å². The van der Waals surface area contributed by atoms with Crippen molar-refractivity contribution in [1.29, 1.82) is 0 Å². The minimum absolute atomic E-state index is 0.677. The van der Waals surface area contributed by atoms with Gasteiger partial charge in [0.05, 0.1) is 0 Å². The lowest BCUT2D eigenvalue weighted by atomic mass is 9.94. The summed E-state index contributed by atoms with van der Waals surface area (Å²) in [5, 5.41) is 3.49. The first-order valence-corrected chi connectivity index (χ1v) is 5.04. The van der Waals surface area contributed by atoms with Crippen molar-refractivity contribution in [3.8, 4) is 0 Å². The molecule has 2 radical (unpaired) electrons. The van der Waals surface area contributed by atoms with Gasteiger partial charge in [-0.15, -0.1) is 0 Å². The fourth-order valence-electron chi connectivity index (χ4n) is 1.58. The van der Waals surface area contributed by atoms with Gasteiger partial charge in [-0.1, -0.05) is 0 Å². The van der Waals surface area contributed by atoms with E-state index in [9.17, 15) is 0 Å². The van der Waals surface area contributed by atoms with Crippen LogP contribution in [0.1, 0.15) is 25.7 Å². The van der Waals surface area contributed by atoms with E-state index < -0.39 is 0 Å². The number of thiol groups is 1. The molecule has 0 amide bonds. The molecule has 0 spiro atoms. The summed E-state index contributed by atoms with van der Waals surface area (Å²) in [4.78, 5) is 0. The van der Waals surface area contributed by atoms with Crippen LogP contribution >= 0.6 is 12.6 Å². The Morgan fingerprint density at radius 3 is 2.73 bits per heavy atom. The third kappa shape index (κ3) is 3.04. The summed E-state index contributed by atoms with van der Waals surface area (Å²) in [6.07, 6.45) is 4.53. The first-order chi connectivity index (χ1) is 5.36. The highest BCUT2D eigenvalue weighted by molar-refractivity contribution is 7.80. The molecular weight excluding hydrogens is 154 g/mol. The lowest BCUT2D eigenvalue weighted by molar-refractivity contribution is 0.320. The summed E-state index contributed by atoms with van der Waals surface area (Å²) >= 11 is 4.28. The highest BCUT2D eigenvalue weighted by atomic mass is 32.1. The Hall–Kier alpha value is 0.310. The fourth-order valence-corrected chi connectivity index (χ4v) is 1.89. The number of rotatable bonds is 3. The first-order valence-electron chi connectivity index (χ1n) is 4.41. The van der Waals surface area contributed by atoms with E-state index in [1.54, 1.807) is 0 Å². The zero-order valence-electron chi connectivity index (χ0n) is 6.92. The van der Waals surface area contributed by atoms with Crippen LogP contribution in [0.4, 0.5) is 0 Å². The third-order valence-electron chi connectivity index (χ3n) is 2.39. The molecule has 2 unspecified atom stereocenters. The molecule has 0 aromatic heterocycles. The van der Waals surface area contributed by atoms with Gasteiger partial charge in [0.2, 0.25) is 0 Å². The Balaban J connectivity index is 2.14. The van der Waals surface area contributed by atoms with Crippen molar-refractivity contribution >= 4 is 12.6 Å². The number of hydrogen-bond acceptors (Lipinski definition) is 2. The van der Waals surface area contributed by atoms with Crippen LogP contribution in [0.15, 0.2) is 0 Å². The lowest BCUT2D eigenvalue weighted by Gasteiger charge is -2.28. The van der Waals surface area contributed by atoms with Crippen molar-refractivity contribution in [1.82, 2.24) is 5.32 Å². The Labute approximate surface area is 75.4 Å².